The molecule has 5 nitrogen and oxygen atoms in total. The number of hydrogen-bond acceptors (Lipinski definition) is 3. The van der Waals surface area contributed by atoms with Crippen LogP contribution < -0.4 is 5.32 Å². The fraction of sp³-hybridized carbons (Fsp3) is 0.136. The first-order chi connectivity index (χ1) is 13.5. The van der Waals surface area contributed by atoms with Crippen molar-refractivity contribution in [3.05, 3.63) is 87.9 Å². The molecule has 0 saturated carbocycles. The van der Waals surface area contributed by atoms with E-state index in [9.17, 15) is 4.79 Å². The van der Waals surface area contributed by atoms with Gasteiger partial charge in [-0.25, -0.2) is 4.68 Å². The maximum absolute atomic E-state index is 12.7. The van der Waals surface area contributed by atoms with E-state index in [1.165, 1.54) is 11.1 Å². The van der Waals surface area contributed by atoms with E-state index in [1.807, 2.05) is 35.9 Å². The topological polar surface area (TPSA) is 59.8 Å². The Morgan fingerprint density at radius 3 is 2.68 bits per heavy atom. The molecule has 0 spiro atoms. The molecule has 6 heteroatoms. The fourth-order valence-electron chi connectivity index (χ4n) is 3.10. The molecule has 140 valence electrons. The molecule has 1 N–H and O–H groups in total. The summed E-state index contributed by atoms with van der Waals surface area (Å²) >= 11 is 6.03. The van der Waals surface area contributed by atoms with E-state index >= 15 is 0 Å². The third-order valence-electron chi connectivity index (χ3n) is 4.81. The van der Waals surface area contributed by atoms with Gasteiger partial charge in [-0.3, -0.25) is 4.79 Å². The number of nitrogens with zero attached hydrogens (tertiary/aromatic N) is 3. The van der Waals surface area contributed by atoms with Crippen LogP contribution in [0.15, 0.2) is 60.7 Å². The molecule has 0 saturated heterocycles. The Kier molecular flexibility index (Phi) is 4.84. The van der Waals surface area contributed by atoms with Crippen molar-refractivity contribution in [1.82, 2.24) is 15.0 Å². The van der Waals surface area contributed by atoms with Crippen molar-refractivity contribution in [2.75, 3.05) is 5.32 Å². The number of carbonyl (C=O) groups is 1. The molecular weight excluding hydrogens is 372 g/mol. The van der Waals surface area contributed by atoms with Crippen molar-refractivity contribution < 1.29 is 4.79 Å². The summed E-state index contributed by atoms with van der Waals surface area (Å²) in [6.07, 6.45) is 0. The molecule has 0 bridgehead atoms. The van der Waals surface area contributed by atoms with Gasteiger partial charge in [0.05, 0.1) is 12.1 Å². The van der Waals surface area contributed by atoms with Gasteiger partial charge in [0.2, 0.25) is 0 Å². The van der Waals surface area contributed by atoms with E-state index in [1.54, 1.807) is 24.3 Å². The van der Waals surface area contributed by atoms with E-state index in [-0.39, 0.29) is 5.91 Å². The van der Waals surface area contributed by atoms with E-state index in [0.717, 1.165) is 11.1 Å². The van der Waals surface area contributed by atoms with Gasteiger partial charge in [-0.2, -0.15) is 0 Å². The summed E-state index contributed by atoms with van der Waals surface area (Å²) in [4.78, 5) is 12.7. The molecule has 4 rings (SSSR count). The summed E-state index contributed by atoms with van der Waals surface area (Å²) < 4.78 is 1.85. The highest BCUT2D eigenvalue weighted by atomic mass is 35.5. The van der Waals surface area contributed by atoms with Gasteiger partial charge in [0.25, 0.3) is 5.91 Å². The van der Waals surface area contributed by atoms with Crippen molar-refractivity contribution in [1.29, 1.82) is 0 Å². The number of rotatable bonds is 4. The van der Waals surface area contributed by atoms with Crippen LogP contribution in [0.5, 0.6) is 0 Å². The summed E-state index contributed by atoms with van der Waals surface area (Å²) in [5.74, 6) is -0.208. The van der Waals surface area contributed by atoms with Gasteiger partial charge in [0.1, 0.15) is 5.52 Å². The molecular formula is C22H19ClN4O. The van der Waals surface area contributed by atoms with Crippen molar-refractivity contribution in [3.8, 4) is 0 Å². The average molecular weight is 391 g/mol. The highest BCUT2D eigenvalue weighted by molar-refractivity contribution is 6.31. The number of aryl methyl sites for hydroxylation is 2. The first-order valence-corrected chi connectivity index (χ1v) is 9.34. The van der Waals surface area contributed by atoms with Crippen molar-refractivity contribution >= 4 is 34.2 Å². The molecule has 1 amide bonds. The van der Waals surface area contributed by atoms with Gasteiger partial charge >= 0.3 is 0 Å². The number of amides is 1. The van der Waals surface area contributed by atoms with Gasteiger partial charge in [0, 0.05) is 16.3 Å². The lowest BCUT2D eigenvalue weighted by Gasteiger charge is -2.09. The highest BCUT2D eigenvalue weighted by Gasteiger charge is 2.12. The Hall–Kier alpha value is -3.18. The molecule has 0 aliphatic carbocycles. The lowest BCUT2D eigenvalue weighted by Crippen LogP contribution is -2.12. The van der Waals surface area contributed by atoms with Crippen LogP contribution in [0, 0.1) is 13.8 Å². The zero-order chi connectivity index (χ0) is 19.7. The minimum atomic E-state index is -0.208. The molecule has 0 aliphatic heterocycles. The molecule has 4 aromatic rings. The Morgan fingerprint density at radius 1 is 1.04 bits per heavy atom. The second-order valence-electron chi connectivity index (χ2n) is 6.79. The van der Waals surface area contributed by atoms with E-state index < -0.39 is 0 Å². The van der Waals surface area contributed by atoms with Gasteiger partial charge in [-0.15, -0.1) is 5.10 Å². The van der Waals surface area contributed by atoms with Gasteiger partial charge < -0.3 is 5.32 Å². The molecule has 0 radical (unpaired) electrons. The number of benzene rings is 3. The third-order valence-corrected chi connectivity index (χ3v) is 5.04. The van der Waals surface area contributed by atoms with Crippen LogP contribution in [0.3, 0.4) is 0 Å². The highest BCUT2D eigenvalue weighted by Crippen LogP contribution is 2.22. The smallest absolute Gasteiger partial charge is 0.255 e. The Morgan fingerprint density at radius 2 is 1.86 bits per heavy atom. The van der Waals surface area contributed by atoms with E-state index in [0.29, 0.717) is 28.3 Å². The van der Waals surface area contributed by atoms with Gasteiger partial charge in [-0.1, -0.05) is 47.1 Å². The number of halogens is 1. The summed E-state index contributed by atoms with van der Waals surface area (Å²) in [5.41, 5.74) is 6.13. The van der Waals surface area contributed by atoms with Crippen LogP contribution in [0.1, 0.15) is 27.0 Å². The second-order valence-corrected chi connectivity index (χ2v) is 7.23. The molecule has 1 heterocycles. The number of nitrogens with one attached hydrogen (secondary N) is 1. The lowest BCUT2D eigenvalue weighted by atomic mass is 10.1. The van der Waals surface area contributed by atoms with Crippen molar-refractivity contribution in [3.63, 3.8) is 0 Å². The van der Waals surface area contributed by atoms with Gasteiger partial charge in [0.15, 0.2) is 0 Å². The molecule has 1 aromatic heterocycles. The summed E-state index contributed by atoms with van der Waals surface area (Å²) in [6, 6.07) is 19.0. The monoisotopic (exact) mass is 390 g/mol. The second kappa shape index (κ2) is 7.44. The van der Waals surface area contributed by atoms with Crippen molar-refractivity contribution in [2.24, 2.45) is 0 Å². The maximum Gasteiger partial charge on any atom is 0.255 e. The Labute approximate surface area is 167 Å². The van der Waals surface area contributed by atoms with Crippen LogP contribution >= 0.6 is 11.6 Å². The molecule has 0 aliphatic rings. The SMILES string of the molecule is Cc1ccccc1Cn1nnc2cc(C(=O)Nc3cc(Cl)ccc3C)ccc21. The zero-order valence-electron chi connectivity index (χ0n) is 15.6. The summed E-state index contributed by atoms with van der Waals surface area (Å²) in [6.45, 7) is 4.64. The van der Waals surface area contributed by atoms with Gasteiger partial charge in [-0.05, 0) is 60.9 Å². The van der Waals surface area contributed by atoms with E-state index in [4.69, 9.17) is 11.6 Å². The molecule has 0 fully saturated rings. The predicted octanol–water partition coefficient (Wildman–Crippen LogP) is 5.00. The third kappa shape index (κ3) is 3.62. The van der Waals surface area contributed by atoms with Crippen LogP contribution in [0.4, 0.5) is 5.69 Å². The Balaban J connectivity index is 1.59. The normalized spacial score (nSPS) is 11.0. The average Bonchev–Trinajstić information content (AvgIpc) is 3.08. The zero-order valence-corrected chi connectivity index (χ0v) is 16.4. The Bertz CT molecular complexity index is 1180. The molecule has 0 unspecified atom stereocenters. The van der Waals surface area contributed by atoms with Crippen LogP contribution in [0.25, 0.3) is 11.0 Å². The molecule has 3 aromatic carbocycles. The number of anilines is 1. The maximum atomic E-state index is 12.7. The molecule has 0 atom stereocenters. The number of fused-ring (bicyclic) bond motifs is 1. The number of aromatic nitrogens is 3. The fourth-order valence-corrected chi connectivity index (χ4v) is 3.27. The van der Waals surface area contributed by atoms with E-state index in [2.05, 4.69) is 34.7 Å². The van der Waals surface area contributed by atoms with Crippen LogP contribution in [0.2, 0.25) is 5.02 Å². The quantitative estimate of drug-likeness (QED) is 0.533. The first kappa shape index (κ1) is 18.2. The lowest BCUT2D eigenvalue weighted by molar-refractivity contribution is 0.102. The van der Waals surface area contributed by atoms with Crippen LogP contribution in [-0.4, -0.2) is 20.9 Å². The minimum Gasteiger partial charge on any atom is -0.322 e. The number of hydrogen-bond donors (Lipinski definition) is 1. The standard InChI is InChI=1S/C22H19ClN4O/c1-14-5-3-4-6-17(14)13-27-21-10-8-16(11-20(21)25-26-27)22(28)24-19-12-18(23)9-7-15(19)2/h3-12H,13H2,1-2H3,(H,24,28). The summed E-state index contributed by atoms with van der Waals surface area (Å²) in [5, 5.41) is 12.0. The summed E-state index contributed by atoms with van der Waals surface area (Å²) in [7, 11) is 0. The van der Waals surface area contributed by atoms with Crippen molar-refractivity contribution in [2.45, 2.75) is 20.4 Å². The van der Waals surface area contributed by atoms with Crippen LogP contribution in [-0.2, 0) is 6.54 Å². The minimum absolute atomic E-state index is 0.208. The molecule has 28 heavy (non-hydrogen) atoms. The first-order valence-electron chi connectivity index (χ1n) is 8.96. The predicted molar refractivity (Wildman–Crippen MR) is 112 cm³/mol. The number of carbonyl (C=O) groups excluding carboxylic acids is 1. The largest absolute Gasteiger partial charge is 0.322 e.